The van der Waals surface area contributed by atoms with E-state index < -0.39 is 0 Å². The van der Waals surface area contributed by atoms with Crippen molar-refractivity contribution >= 4 is 29.9 Å². The number of nitrogens with zero attached hydrogens (tertiary/aromatic N) is 2. The Bertz CT molecular complexity index is 557. The molecule has 3 rings (SSSR count). The number of likely N-dealkylation sites (tertiary alicyclic amines) is 1. The van der Waals surface area contributed by atoms with Gasteiger partial charge in [0.1, 0.15) is 0 Å². The molecule has 2 fully saturated rings. The van der Waals surface area contributed by atoms with Crippen LogP contribution in [-0.2, 0) is 11.3 Å². The molecule has 1 aliphatic heterocycles. The van der Waals surface area contributed by atoms with Crippen molar-refractivity contribution in [3.05, 3.63) is 35.9 Å². The van der Waals surface area contributed by atoms with Gasteiger partial charge in [0.2, 0.25) is 0 Å². The minimum atomic E-state index is 0. The van der Waals surface area contributed by atoms with E-state index in [4.69, 9.17) is 4.74 Å². The first-order valence-electron chi connectivity index (χ1n) is 10.7. The first kappa shape index (κ1) is 23.4. The maximum atomic E-state index is 6.09. The van der Waals surface area contributed by atoms with Gasteiger partial charge in [0, 0.05) is 46.4 Å². The first-order valence-corrected chi connectivity index (χ1v) is 10.7. The summed E-state index contributed by atoms with van der Waals surface area (Å²) in [5, 5.41) is 6.78. The van der Waals surface area contributed by atoms with Crippen LogP contribution in [0.2, 0.25) is 0 Å². The standard InChI is InChI=1S/C22H36N4O.HI/c1-23-22(25-14-10-19-8-9-19)24-13-5-17-27-21-11-15-26(16-12-21)18-20-6-3-2-4-7-20;/h2-4,6-7,19,21H,5,8-18H2,1H3,(H2,23,24,25);1H. The van der Waals surface area contributed by atoms with Gasteiger partial charge in [-0.25, -0.2) is 0 Å². The number of ether oxygens (including phenoxy) is 1. The molecule has 0 unspecified atom stereocenters. The number of nitrogens with one attached hydrogen (secondary N) is 2. The molecule has 1 aromatic carbocycles. The number of aliphatic imine (C=N–C) groups is 1. The average molecular weight is 500 g/mol. The van der Waals surface area contributed by atoms with Gasteiger partial charge in [-0.05, 0) is 37.2 Å². The zero-order valence-corrected chi connectivity index (χ0v) is 19.6. The van der Waals surface area contributed by atoms with Crippen molar-refractivity contribution in [3.63, 3.8) is 0 Å². The molecule has 28 heavy (non-hydrogen) atoms. The summed E-state index contributed by atoms with van der Waals surface area (Å²) in [5.74, 6) is 1.88. The van der Waals surface area contributed by atoms with E-state index in [1.165, 1.54) is 24.8 Å². The maximum absolute atomic E-state index is 6.09. The summed E-state index contributed by atoms with van der Waals surface area (Å²) in [4.78, 5) is 6.82. The lowest BCUT2D eigenvalue weighted by Crippen LogP contribution is -2.39. The fourth-order valence-electron chi connectivity index (χ4n) is 3.63. The topological polar surface area (TPSA) is 48.9 Å². The zero-order valence-electron chi connectivity index (χ0n) is 17.2. The number of hydrogen-bond donors (Lipinski definition) is 2. The van der Waals surface area contributed by atoms with Gasteiger partial charge >= 0.3 is 0 Å². The van der Waals surface area contributed by atoms with Gasteiger partial charge < -0.3 is 15.4 Å². The number of benzene rings is 1. The van der Waals surface area contributed by atoms with Gasteiger partial charge in [-0.1, -0.05) is 43.2 Å². The summed E-state index contributed by atoms with van der Waals surface area (Å²) in [5.41, 5.74) is 1.40. The van der Waals surface area contributed by atoms with Crippen molar-refractivity contribution < 1.29 is 4.74 Å². The lowest BCUT2D eigenvalue weighted by atomic mass is 10.1. The second-order valence-electron chi connectivity index (χ2n) is 7.84. The molecular formula is C22H37IN4O. The van der Waals surface area contributed by atoms with Gasteiger partial charge in [0.25, 0.3) is 0 Å². The van der Waals surface area contributed by atoms with Crippen LogP contribution < -0.4 is 10.6 Å². The van der Waals surface area contributed by atoms with Crippen molar-refractivity contribution in [3.8, 4) is 0 Å². The predicted molar refractivity (Wildman–Crippen MR) is 127 cm³/mol. The summed E-state index contributed by atoms with van der Waals surface area (Å²) < 4.78 is 6.09. The van der Waals surface area contributed by atoms with Crippen LogP contribution in [0.3, 0.4) is 0 Å². The highest BCUT2D eigenvalue weighted by Crippen LogP contribution is 2.31. The molecule has 1 saturated carbocycles. The highest BCUT2D eigenvalue weighted by molar-refractivity contribution is 14.0. The van der Waals surface area contributed by atoms with Gasteiger partial charge in [0.15, 0.2) is 5.96 Å². The minimum absolute atomic E-state index is 0. The largest absolute Gasteiger partial charge is 0.378 e. The molecule has 2 N–H and O–H groups in total. The normalized spacial score (nSPS) is 18.5. The third-order valence-electron chi connectivity index (χ3n) is 5.52. The molecule has 158 valence electrons. The van der Waals surface area contributed by atoms with E-state index >= 15 is 0 Å². The third kappa shape index (κ3) is 9.09. The summed E-state index contributed by atoms with van der Waals surface area (Å²) in [6.45, 7) is 6.10. The molecule has 6 heteroatoms. The molecule has 1 aromatic rings. The monoisotopic (exact) mass is 500 g/mol. The molecule has 0 atom stereocenters. The Labute approximate surface area is 187 Å². The number of hydrogen-bond acceptors (Lipinski definition) is 3. The Morgan fingerprint density at radius 1 is 1.07 bits per heavy atom. The van der Waals surface area contributed by atoms with Crippen molar-refractivity contribution in [1.29, 1.82) is 0 Å². The van der Waals surface area contributed by atoms with Crippen LogP contribution in [-0.4, -0.2) is 56.8 Å². The number of piperidine rings is 1. The first-order chi connectivity index (χ1) is 13.3. The van der Waals surface area contributed by atoms with Crippen LogP contribution in [0.1, 0.15) is 44.1 Å². The third-order valence-corrected chi connectivity index (χ3v) is 5.52. The highest BCUT2D eigenvalue weighted by Gasteiger charge is 2.20. The summed E-state index contributed by atoms with van der Waals surface area (Å²) >= 11 is 0. The van der Waals surface area contributed by atoms with E-state index in [0.717, 1.165) is 70.5 Å². The molecule has 2 aliphatic rings. The zero-order chi connectivity index (χ0) is 18.7. The molecule has 1 saturated heterocycles. The molecule has 5 nitrogen and oxygen atoms in total. The number of guanidine groups is 1. The van der Waals surface area contributed by atoms with Crippen molar-refractivity contribution in [2.75, 3.05) is 39.8 Å². The van der Waals surface area contributed by atoms with Gasteiger partial charge in [-0.2, -0.15) is 0 Å². The lowest BCUT2D eigenvalue weighted by Gasteiger charge is -2.32. The smallest absolute Gasteiger partial charge is 0.190 e. The molecule has 0 spiro atoms. The van der Waals surface area contributed by atoms with E-state index in [0.29, 0.717) is 6.10 Å². The Hall–Kier alpha value is -0.860. The van der Waals surface area contributed by atoms with E-state index in [1.807, 2.05) is 7.05 Å². The molecule has 0 radical (unpaired) electrons. The molecule has 1 heterocycles. The SMILES string of the molecule is CN=C(NCCCOC1CCN(Cc2ccccc2)CC1)NCCC1CC1.I. The van der Waals surface area contributed by atoms with Crippen molar-refractivity contribution in [2.45, 2.75) is 51.2 Å². The summed E-state index contributed by atoms with van der Waals surface area (Å²) in [6, 6.07) is 10.7. The molecule has 0 amide bonds. The van der Waals surface area contributed by atoms with Crippen LogP contribution in [0.25, 0.3) is 0 Å². The van der Waals surface area contributed by atoms with Crippen molar-refractivity contribution in [2.24, 2.45) is 10.9 Å². The van der Waals surface area contributed by atoms with E-state index in [-0.39, 0.29) is 24.0 Å². The van der Waals surface area contributed by atoms with Crippen LogP contribution in [0.5, 0.6) is 0 Å². The van der Waals surface area contributed by atoms with E-state index in [2.05, 4.69) is 50.9 Å². The molecule has 0 bridgehead atoms. The van der Waals surface area contributed by atoms with E-state index in [1.54, 1.807) is 0 Å². The predicted octanol–water partition coefficient (Wildman–Crippen LogP) is 3.64. The Balaban J connectivity index is 0.00000280. The Kier molecular flexibility index (Phi) is 11.2. The van der Waals surface area contributed by atoms with Crippen LogP contribution in [0.15, 0.2) is 35.3 Å². The van der Waals surface area contributed by atoms with E-state index in [9.17, 15) is 0 Å². The summed E-state index contributed by atoms with van der Waals surface area (Å²) in [6.07, 6.45) is 7.83. The second kappa shape index (κ2) is 13.4. The van der Waals surface area contributed by atoms with Crippen molar-refractivity contribution in [1.82, 2.24) is 15.5 Å². The number of halogens is 1. The molecule has 0 aromatic heterocycles. The van der Waals surface area contributed by atoms with Crippen LogP contribution >= 0.6 is 24.0 Å². The quantitative estimate of drug-likeness (QED) is 0.223. The highest BCUT2D eigenvalue weighted by atomic mass is 127. The molecule has 1 aliphatic carbocycles. The summed E-state index contributed by atoms with van der Waals surface area (Å²) in [7, 11) is 1.84. The average Bonchev–Trinajstić information content (AvgIpc) is 3.53. The molecular weight excluding hydrogens is 463 g/mol. The lowest BCUT2D eigenvalue weighted by molar-refractivity contribution is 0.00534. The second-order valence-corrected chi connectivity index (χ2v) is 7.84. The fourth-order valence-corrected chi connectivity index (χ4v) is 3.63. The van der Waals surface area contributed by atoms with Gasteiger partial charge in [0.05, 0.1) is 6.10 Å². The fraction of sp³-hybridized carbons (Fsp3) is 0.682. The Morgan fingerprint density at radius 3 is 2.46 bits per heavy atom. The van der Waals surface area contributed by atoms with Crippen LogP contribution in [0.4, 0.5) is 0 Å². The maximum Gasteiger partial charge on any atom is 0.190 e. The minimum Gasteiger partial charge on any atom is -0.378 e. The van der Waals surface area contributed by atoms with Crippen LogP contribution in [0, 0.1) is 5.92 Å². The number of rotatable bonds is 10. The van der Waals surface area contributed by atoms with Gasteiger partial charge in [-0.3, -0.25) is 9.89 Å². The Morgan fingerprint density at radius 2 is 1.79 bits per heavy atom. The van der Waals surface area contributed by atoms with Gasteiger partial charge in [-0.15, -0.1) is 24.0 Å².